The zero-order chi connectivity index (χ0) is 11.5. The van der Waals surface area contributed by atoms with Crippen LogP contribution in [0.1, 0.15) is 25.7 Å². The van der Waals surface area contributed by atoms with Crippen molar-refractivity contribution in [2.75, 3.05) is 6.61 Å². The molecule has 0 aliphatic carbocycles. The van der Waals surface area contributed by atoms with Gasteiger partial charge in [0.15, 0.2) is 0 Å². The van der Waals surface area contributed by atoms with Crippen molar-refractivity contribution < 1.29 is 4.43 Å². The maximum atomic E-state index is 6.11. The molecule has 1 unspecified atom stereocenters. The van der Waals surface area contributed by atoms with E-state index in [-0.39, 0.29) is 8.41 Å². The average Bonchev–Trinajstić information content (AvgIpc) is 2.94. The summed E-state index contributed by atoms with van der Waals surface area (Å²) in [7, 11) is -1.41. The SMILES string of the molecule is C1=[Si](c2ccccc2[SiH]2CCCCO2)CCC1. The molecule has 0 spiro atoms. The van der Waals surface area contributed by atoms with Crippen LogP contribution in [0.4, 0.5) is 0 Å². The lowest BCUT2D eigenvalue weighted by Gasteiger charge is -2.24. The molecular weight excluding hydrogens is 240 g/mol. The summed E-state index contributed by atoms with van der Waals surface area (Å²) < 4.78 is 6.11. The van der Waals surface area contributed by atoms with Gasteiger partial charge in [-0.1, -0.05) is 36.4 Å². The van der Waals surface area contributed by atoms with Crippen LogP contribution in [0.25, 0.3) is 0 Å². The van der Waals surface area contributed by atoms with Gasteiger partial charge < -0.3 is 4.43 Å². The lowest BCUT2D eigenvalue weighted by Crippen LogP contribution is -2.48. The van der Waals surface area contributed by atoms with Crippen LogP contribution in [-0.2, 0) is 4.43 Å². The third-order valence-corrected chi connectivity index (χ3v) is 9.75. The molecule has 1 nitrogen and oxygen atoms in total. The molecular formula is C14H20OSi2. The molecule has 2 aliphatic rings. The molecule has 2 heterocycles. The third kappa shape index (κ3) is 2.51. The van der Waals surface area contributed by atoms with Gasteiger partial charge in [-0.25, -0.2) is 0 Å². The van der Waals surface area contributed by atoms with Crippen molar-refractivity contribution in [2.24, 2.45) is 0 Å². The first-order valence-corrected chi connectivity index (χ1v) is 10.5. The standard InChI is InChI=1S/C14H20OSi2/c1-2-8-14(17-12-4-3-9-15-17)13(7-1)16-10-5-6-11-16/h1-2,7-8,10,17H,3-6,9,11-12H2. The van der Waals surface area contributed by atoms with E-state index in [9.17, 15) is 0 Å². The topological polar surface area (TPSA) is 9.23 Å². The van der Waals surface area contributed by atoms with Gasteiger partial charge in [0.1, 0.15) is 0 Å². The summed E-state index contributed by atoms with van der Waals surface area (Å²) >= 11 is 0. The first-order chi connectivity index (χ1) is 8.45. The molecule has 0 N–H and O–H groups in total. The Morgan fingerprint density at radius 1 is 1.12 bits per heavy atom. The number of hydrogen-bond donors (Lipinski definition) is 0. The van der Waals surface area contributed by atoms with Crippen LogP contribution in [0, 0.1) is 0 Å². The normalized spacial score (nSPS) is 24.7. The molecule has 1 fully saturated rings. The van der Waals surface area contributed by atoms with E-state index in [0.29, 0.717) is 0 Å². The van der Waals surface area contributed by atoms with Gasteiger partial charge in [0, 0.05) is 15.0 Å². The highest BCUT2D eigenvalue weighted by Crippen LogP contribution is 2.11. The third-order valence-electron chi connectivity index (χ3n) is 3.87. The maximum Gasteiger partial charge on any atom is 0.208 e. The zero-order valence-electron chi connectivity index (χ0n) is 10.3. The summed E-state index contributed by atoms with van der Waals surface area (Å²) in [5, 5.41) is 3.33. The Morgan fingerprint density at radius 3 is 2.82 bits per heavy atom. The monoisotopic (exact) mass is 260 g/mol. The van der Waals surface area contributed by atoms with Crippen LogP contribution in [-0.4, -0.2) is 29.7 Å². The Hall–Kier alpha value is -0.516. The second-order valence-corrected chi connectivity index (χ2v) is 10.1. The second kappa shape index (κ2) is 5.42. The zero-order valence-corrected chi connectivity index (χ0v) is 12.5. The number of hydrogen-bond acceptors (Lipinski definition) is 1. The fourth-order valence-electron chi connectivity index (χ4n) is 2.97. The highest BCUT2D eigenvalue weighted by atomic mass is 28.3. The molecule has 2 aliphatic heterocycles. The fraction of sp³-hybridized carbons (Fsp3) is 0.500. The predicted molar refractivity (Wildman–Crippen MR) is 78.7 cm³/mol. The van der Waals surface area contributed by atoms with Gasteiger partial charge >= 0.3 is 0 Å². The van der Waals surface area contributed by atoms with Gasteiger partial charge in [0.25, 0.3) is 0 Å². The van der Waals surface area contributed by atoms with Gasteiger partial charge in [0.05, 0.1) is 0 Å². The molecule has 1 aromatic carbocycles. The van der Waals surface area contributed by atoms with E-state index in [4.69, 9.17) is 4.43 Å². The van der Waals surface area contributed by atoms with Crippen molar-refractivity contribution in [1.82, 2.24) is 0 Å². The van der Waals surface area contributed by atoms with Crippen molar-refractivity contribution >= 4 is 33.5 Å². The molecule has 3 heteroatoms. The first kappa shape index (κ1) is 11.6. The van der Waals surface area contributed by atoms with Crippen LogP contribution in [0.3, 0.4) is 0 Å². The molecule has 90 valence electrons. The van der Waals surface area contributed by atoms with E-state index in [0.717, 1.165) is 6.61 Å². The minimum atomic E-state index is -1.07. The van der Waals surface area contributed by atoms with E-state index in [1.165, 1.54) is 37.8 Å². The van der Waals surface area contributed by atoms with Crippen LogP contribution < -0.4 is 10.4 Å². The van der Waals surface area contributed by atoms with E-state index < -0.39 is 9.04 Å². The molecule has 0 saturated carbocycles. The summed E-state index contributed by atoms with van der Waals surface area (Å²) in [4.78, 5) is 0. The van der Waals surface area contributed by atoms with Gasteiger partial charge in [-0.15, -0.1) is 0 Å². The summed E-state index contributed by atoms with van der Waals surface area (Å²) in [6, 6.07) is 12.0. The highest BCUT2D eigenvalue weighted by molar-refractivity contribution is 6.85. The largest absolute Gasteiger partial charge is 0.415 e. The van der Waals surface area contributed by atoms with Crippen LogP contribution in [0.5, 0.6) is 0 Å². The Labute approximate surface area is 107 Å². The Kier molecular flexibility index (Phi) is 3.69. The molecule has 0 amide bonds. The molecule has 0 aromatic heterocycles. The molecule has 3 rings (SSSR count). The number of benzene rings is 1. The predicted octanol–water partition coefficient (Wildman–Crippen LogP) is 1.31. The molecule has 1 atom stereocenters. The first-order valence-electron chi connectivity index (χ1n) is 6.85. The Bertz CT molecular complexity index is 422. The van der Waals surface area contributed by atoms with Crippen molar-refractivity contribution in [3.05, 3.63) is 24.3 Å². The van der Waals surface area contributed by atoms with E-state index in [1.54, 1.807) is 10.4 Å². The minimum absolute atomic E-state index is 0.338. The Morgan fingerprint density at radius 2 is 2.06 bits per heavy atom. The molecule has 0 bridgehead atoms. The smallest absolute Gasteiger partial charge is 0.208 e. The lowest BCUT2D eigenvalue weighted by molar-refractivity contribution is 0.295. The van der Waals surface area contributed by atoms with Crippen molar-refractivity contribution in [2.45, 2.75) is 37.8 Å². The van der Waals surface area contributed by atoms with E-state index >= 15 is 0 Å². The molecule has 1 aromatic rings. The second-order valence-electron chi connectivity index (χ2n) is 5.06. The highest BCUT2D eigenvalue weighted by Gasteiger charge is 2.22. The maximum absolute atomic E-state index is 6.11. The summed E-state index contributed by atoms with van der Waals surface area (Å²) in [6.07, 6.45) is 5.41. The summed E-state index contributed by atoms with van der Waals surface area (Å²) in [5.41, 5.74) is 2.61. The molecule has 17 heavy (non-hydrogen) atoms. The Balaban J connectivity index is 1.92. The van der Waals surface area contributed by atoms with Crippen LogP contribution >= 0.6 is 0 Å². The summed E-state index contributed by atoms with van der Waals surface area (Å²) in [5.74, 6) is 0. The van der Waals surface area contributed by atoms with Crippen molar-refractivity contribution in [3.8, 4) is 0 Å². The van der Waals surface area contributed by atoms with Gasteiger partial charge in [0.2, 0.25) is 9.04 Å². The molecule has 0 radical (unpaired) electrons. The van der Waals surface area contributed by atoms with Crippen LogP contribution in [0.2, 0.25) is 12.1 Å². The quantitative estimate of drug-likeness (QED) is 0.729. The van der Waals surface area contributed by atoms with Gasteiger partial charge in [-0.3, -0.25) is 0 Å². The van der Waals surface area contributed by atoms with E-state index in [2.05, 4.69) is 29.9 Å². The van der Waals surface area contributed by atoms with Crippen molar-refractivity contribution in [1.29, 1.82) is 0 Å². The van der Waals surface area contributed by atoms with Crippen molar-refractivity contribution in [3.63, 3.8) is 0 Å². The van der Waals surface area contributed by atoms with Crippen LogP contribution in [0.15, 0.2) is 24.3 Å². The minimum Gasteiger partial charge on any atom is -0.415 e. The molecule has 1 saturated heterocycles. The summed E-state index contributed by atoms with van der Waals surface area (Å²) in [6.45, 7) is 1.01. The lowest BCUT2D eigenvalue weighted by atomic mass is 10.3. The fourth-order valence-corrected chi connectivity index (χ4v) is 9.14. The average molecular weight is 260 g/mol. The van der Waals surface area contributed by atoms with E-state index in [1.807, 2.05) is 0 Å². The van der Waals surface area contributed by atoms with Gasteiger partial charge in [-0.2, -0.15) is 0 Å². The number of rotatable bonds is 2. The van der Waals surface area contributed by atoms with Gasteiger partial charge in [-0.05, 0) is 41.7 Å².